The normalized spacial score (nSPS) is 10.8. The molecular formula is C18H13N7O5S. The minimum absolute atomic E-state index is 0.0856. The second-order valence-electron chi connectivity index (χ2n) is 6.29. The maximum atomic E-state index is 12.8. The highest BCUT2D eigenvalue weighted by Crippen LogP contribution is 2.24. The molecule has 0 atom stereocenters. The molecule has 3 heterocycles. The molecule has 0 saturated carbocycles. The third-order valence-corrected chi connectivity index (χ3v) is 5.19. The van der Waals surface area contributed by atoms with Gasteiger partial charge in [0.2, 0.25) is 5.91 Å². The zero-order chi connectivity index (χ0) is 22.1. The number of carbonyl (C=O) groups excluding carboxylic acids is 2. The molecule has 0 aliphatic rings. The summed E-state index contributed by atoms with van der Waals surface area (Å²) in [6.45, 7) is -0.367. The largest absolute Gasteiger partial charge is 0.366 e. The Labute approximate surface area is 176 Å². The van der Waals surface area contributed by atoms with Crippen LogP contribution in [-0.4, -0.2) is 36.1 Å². The van der Waals surface area contributed by atoms with Crippen LogP contribution in [0.4, 0.5) is 10.7 Å². The first-order valence-corrected chi connectivity index (χ1v) is 9.59. The fourth-order valence-corrected chi connectivity index (χ4v) is 3.76. The molecule has 0 bridgehead atoms. The summed E-state index contributed by atoms with van der Waals surface area (Å²) in [5.41, 5.74) is 4.95. The summed E-state index contributed by atoms with van der Waals surface area (Å²) in [6, 6.07) is 7.41. The van der Waals surface area contributed by atoms with Gasteiger partial charge < -0.3 is 11.1 Å². The van der Waals surface area contributed by atoms with Crippen molar-refractivity contribution in [1.82, 2.24) is 19.3 Å². The van der Waals surface area contributed by atoms with Crippen LogP contribution in [0.15, 0.2) is 53.0 Å². The van der Waals surface area contributed by atoms with Crippen LogP contribution < -0.4 is 16.6 Å². The molecular weight excluding hydrogens is 426 g/mol. The summed E-state index contributed by atoms with van der Waals surface area (Å²) in [5.74, 6) is -1.24. The van der Waals surface area contributed by atoms with Gasteiger partial charge in [0.25, 0.3) is 17.2 Å². The van der Waals surface area contributed by atoms with Crippen LogP contribution in [0.3, 0.4) is 0 Å². The Balaban J connectivity index is 1.65. The van der Waals surface area contributed by atoms with Crippen LogP contribution >= 0.6 is 11.3 Å². The third-order valence-electron chi connectivity index (χ3n) is 4.36. The van der Waals surface area contributed by atoms with Gasteiger partial charge in [-0.1, -0.05) is 12.1 Å². The molecule has 0 aliphatic carbocycles. The number of carbonyl (C=O) groups is 2. The van der Waals surface area contributed by atoms with Crippen LogP contribution in [0.1, 0.15) is 10.4 Å². The number of nitrogens with two attached hydrogens (primary N) is 1. The molecule has 0 spiro atoms. The first-order valence-electron chi connectivity index (χ1n) is 8.71. The second-order valence-corrected chi connectivity index (χ2v) is 7.21. The molecule has 0 fully saturated rings. The molecule has 3 N–H and O–H groups in total. The zero-order valence-corrected chi connectivity index (χ0v) is 16.4. The molecule has 0 saturated heterocycles. The molecule has 0 unspecified atom stereocenters. The Bertz CT molecular complexity index is 1400. The van der Waals surface area contributed by atoms with E-state index in [1.165, 1.54) is 35.1 Å². The number of hydrogen-bond acceptors (Lipinski definition) is 8. The fraction of sp³-hybridized carbons (Fsp3) is 0.0556. The Morgan fingerprint density at radius 2 is 2.03 bits per heavy atom. The van der Waals surface area contributed by atoms with Gasteiger partial charge in [0.15, 0.2) is 5.65 Å². The number of hydrogen-bond donors (Lipinski definition) is 2. The summed E-state index contributed by atoms with van der Waals surface area (Å²) < 4.78 is 2.27. The molecule has 156 valence electrons. The van der Waals surface area contributed by atoms with Crippen molar-refractivity contribution < 1.29 is 14.5 Å². The molecule has 13 heteroatoms. The van der Waals surface area contributed by atoms with E-state index in [9.17, 15) is 24.5 Å². The number of nitro groups is 1. The Hall–Kier alpha value is -4.39. The fourth-order valence-electron chi connectivity index (χ4n) is 2.96. The van der Waals surface area contributed by atoms with Crippen molar-refractivity contribution in [2.45, 2.75) is 6.54 Å². The number of amides is 2. The predicted molar refractivity (Wildman–Crippen MR) is 111 cm³/mol. The van der Waals surface area contributed by atoms with Gasteiger partial charge in [-0.25, -0.2) is 9.67 Å². The molecule has 3 aromatic heterocycles. The van der Waals surface area contributed by atoms with Crippen LogP contribution in [0.2, 0.25) is 0 Å². The van der Waals surface area contributed by atoms with Crippen LogP contribution in [0.25, 0.3) is 16.7 Å². The van der Waals surface area contributed by atoms with E-state index in [-0.39, 0.29) is 39.5 Å². The highest BCUT2D eigenvalue weighted by atomic mass is 32.1. The lowest BCUT2D eigenvalue weighted by atomic mass is 10.2. The number of primary amides is 1. The van der Waals surface area contributed by atoms with Gasteiger partial charge in [0.1, 0.15) is 28.9 Å². The number of anilines is 1. The topological polar surface area (TPSA) is 168 Å². The number of para-hydroxylation sites is 2. The Morgan fingerprint density at radius 3 is 2.77 bits per heavy atom. The highest BCUT2D eigenvalue weighted by molar-refractivity contribution is 7.14. The van der Waals surface area contributed by atoms with Crippen LogP contribution in [-0.2, 0) is 11.3 Å². The van der Waals surface area contributed by atoms with Gasteiger partial charge in [-0.2, -0.15) is 5.10 Å². The minimum Gasteiger partial charge on any atom is -0.366 e. The van der Waals surface area contributed by atoms with E-state index < -0.39 is 22.3 Å². The maximum absolute atomic E-state index is 12.8. The van der Waals surface area contributed by atoms with Gasteiger partial charge >= 0.3 is 0 Å². The lowest BCUT2D eigenvalue weighted by Gasteiger charge is -2.07. The molecule has 4 aromatic rings. The van der Waals surface area contributed by atoms with E-state index in [4.69, 9.17) is 5.73 Å². The number of benzene rings is 1. The number of aromatic nitrogens is 4. The molecule has 1 aromatic carbocycles. The summed E-state index contributed by atoms with van der Waals surface area (Å²) in [5, 5.41) is 19.9. The minimum atomic E-state index is -0.681. The first kappa shape index (κ1) is 19.9. The van der Waals surface area contributed by atoms with Crippen LogP contribution in [0, 0.1) is 10.1 Å². The van der Waals surface area contributed by atoms with Gasteiger partial charge in [-0.3, -0.25) is 29.1 Å². The first-order chi connectivity index (χ1) is 14.9. The molecule has 0 radical (unpaired) electrons. The number of rotatable bonds is 6. The van der Waals surface area contributed by atoms with E-state index in [0.29, 0.717) is 0 Å². The van der Waals surface area contributed by atoms with Gasteiger partial charge in [0, 0.05) is 6.07 Å². The molecule has 4 rings (SSSR count). The van der Waals surface area contributed by atoms with E-state index in [0.717, 1.165) is 22.2 Å². The average Bonchev–Trinajstić information content (AvgIpc) is 3.37. The Morgan fingerprint density at radius 1 is 1.26 bits per heavy atom. The smallest absolute Gasteiger partial charge is 0.294 e. The molecule has 12 nitrogen and oxygen atoms in total. The van der Waals surface area contributed by atoms with Crippen molar-refractivity contribution in [2.75, 3.05) is 5.32 Å². The standard InChI is InChI=1S/C18H13N7O5S/c19-15(27)10-5-6-31-17(10)22-14(26)8-23-9-20-16-11(18(23)28)7-21-24(16)12-3-1-2-4-13(12)25(29)30/h1-7,9H,8H2,(H2,19,27)(H,22,26). The van der Waals surface area contributed by atoms with Crippen molar-refractivity contribution in [2.24, 2.45) is 5.73 Å². The van der Waals surface area contributed by atoms with Gasteiger partial charge in [0.05, 0.1) is 16.7 Å². The highest BCUT2D eigenvalue weighted by Gasteiger charge is 2.20. The summed E-state index contributed by atoms with van der Waals surface area (Å²) in [6.07, 6.45) is 2.39. The quantitative estimate of drug-likeness (QED) is 0.337. The third kappa shape index (κ3) is 3.64. The van der Waals surface area contributed by atoms with Gasteiger partial charge in [-0.05, 0) is 17.5 Å². The summed E-state index contributed by atoms with van der Waals surface area (Å²) in [7, 11) is 0. The second kappa shape index (κ2) is 7.79. The van der Waals surface area contributed by atoms with E-state index in [1.54, 1.807) is 11.4 Å². The van der Waals surface area contributed by atoms with Gasteiger partial charge in [-0.15, -0.1) is 11.3 Å². The van der Waals surface area contributed by atoms with Crippen molar-refractivity contribution in [3.63, 3.8) is 0 Å². The van der Waals surface area contributed by atoms with Crippen molar-refractivity contribution in [1.29, 1.82) is 0 Å². The molecule has 2 amide bonds. The number of nitro benzene ring substituents is 1. The van der Waals surface area contributed by atoms with Crippen molar-refractivity contribution >= 4 is 44.9 Å². The lowest BCUT2D eigenvalue weighted by Crippen LogP contribution is -2.28. The van der Waals surface area contributed by atoms with E-state index in [1.807, 2.05) is 0 Å². The lowest BCUT2D eigenvalue weighted by molar-refractivity contribution is -0.384. The monoisotopic (exact) mass is 439 g/mol. The number of nitrogens with one attached hydrogen (secondary N) is 1. The predicted octanol–water partition coefficient (Wildman–Crippen LogP) is 1.29. The van der Waals surface area contributed by atoms with E-state index >= 15 is 0 Å². The van der Waals surface area contributed by atoms with Crippen molar-refractivity contribution in [3.05, 3.63) is 74.3 Å². The van der Waals surface area contributed by atoms with Crippen LogP contribution in [0.5, 0.6) is 0 Å². The summed E-state index contributed by atoms with van der Waals surface area (Å²) in [4.78, 5) is 51.4. The zero-order valence-electron chi connectivity index (χ0n) is 15.6. The maximum Gasteiger partial charge on any atom is 0.294 e. The number of nitrogens with zero attached hydrogens (tertiary/aromatic N) is 5. The average molecular weight is 439 g/mol. The Kier molecular flexibility index (Phi) is 5.00. The summed E-state index contributed by atoms with van der Waals surface area (Å²) >= 11 is 1.12. The van der Waals surface area contributed by atoms with Crippen molar-refractivity contribution in [3.8, 4) is 5.69 Å². The molecule has 31 heavy (non-hydrogen) atoms. The SMILES string of the molecule is NC(=O)c1ccsc1NC(=O)Cn1cnc2c(cnn2-c2ccccc2[N+](=O)[O-])c1=O. The van der Waals surface area contributed by atoms with E-state index in [2.05, 4.69) is 15.4 Å². The number of thiophene rings is 1. The number of fused-ring (bicyclic) bond motifs is 1. The molecule has 0 aliphatic heterocycles.